The first kappa shape index (κ1) is 17.6. The van der Waals surface area contributed by atoms with Crippen molar-refractivity contribution in [1.29, 1.82) is 0 Å². The lowest BCUT2D eigenvalue weighted by Gasteiger charge is -2.01. The van der Waals surface area contributed by atoms with Gasteiger partial charge in [0.25, 0.3) is 0 Å². The summed E-state index contributed by atoms with van der Waals surface area (Å²) in [6.07, 6.45) is 4.01. The van der Waals surface area contributed by atoms with Crippen LogP contribution in [0.25, 0.3) is 22.2 Å². The summed E-state index contributed by atoms with van der Waals surface area (Å²) in [6, 6.07) is 8.16. The number of benzene rings is 1. The normalized spacial score (nSPS) is 9.41. The van der Waals surface area contributed by atoms with E-state index in [0.717, 1.165) is 11.3 Å². The van der Waals surface area contributed by atoms with Crippen LogP contribution < -0.4 is 0 Å². The van der Waals surface area contributed by atoms with Crippen molar-refractivity contribution in [3.8, 4) is 11.3 Å². The van der Waals surface area contributed by atoms with Crippen LogP contribution in [0.2, 0.25) is 5.28 Å². The predicted octanol–water partition coefficient (Wildman–Crippen LogP) is 3.65. The Hall–Kier alpha value is -2.49. The van der Waals surface area contributed by atoms with Gasteiger partial charge >= 0.3 is 6.15 Å². The highest BCUT2D eigenvalue weighted by molar-refractivity contribution is 6.28. The highest BCUT2D eigenvalue weighted by Gasteiger charge is 2.11. The Labute approximate surface area is 133 Å². The van der Waals surface area contributed by atoms with Crippen LogP contribution in [-0.2, 0) is 16.6 Å². The van der Waals surface area contributed by atoms with Crippen LogP contribution in [0.15, 0.2) is 36.7 Å². The van der Waals surface area contributed by atoms with Gasteiger partial charge in [-0.3, -0.25) is 0 Å². The summed E-state index contributed by atoms with van der Waals surface area (Å²) in [7, 11) is 2.04. The molecule has 6 heteroatoms. The van der Waals surface area contributed by atoms with E-state index in [0.29, 0.717) is 0 Å². The molecule has 5 nitrogen and oxygen atoms in total. The number of hydrogen-bond donors (Lipinski definition) is 0. The Morgan fingerprint density at radius 3 is 2.55 bits per heavy atom. The molecule has 3 rings (SSSR count). The number of rotatable bonds is 1. The molecule has 0 fully saturated rings. The molecule has 0 bridgehead atoms. The van der Waals surface area contributed by atoms with Gasteiger partial charge in [-0.25, -0.2) is 9.97 Å². The van der Waals surface area contributed by atoms with Gasteiger partial charge in [-0.2, -0.15) is 9.59 Å². The molecule has 2 aromatic heterocycles. The Bertz CT molecular complexity index is 821. The molecule has 0 radical (unpaired) electrons. The number of aromatic nitrogens is 3. The van der Waals surface area contributed by atoms with Gasteiger partial charge in [0.05, 0.1) is 5.69 Å². The quantitative estimate of drug-likeness (QED) is 0.643. The maximum atomic E-state index is 8.12. The van der Waals surface area contributed by atoms with Crippen LogP contribution >= 0.6 is 11.6 Å². The molecule has 1 aromatic carbocycles. The second-order valence-corrected chi connectivity index (χ2v) is 4.76. The smallest absolute Gasteiger partial charge is 0.350 e. The van der Waals surface area contributed by atoms with E-state index in [2.05, 4.69) is 45.9 Å². The van der Waals surface area contributed by atoms with Crippen LogP contribution in [-0.4, -0.2) is 20.7 Å². The van der Waals surface area contributed by atoms with Crippen LogP contribution in [0, 0.1) is 6.92 Å². The van der Waals surface area contributed by atoms with E-state index in [1.165, 1.54) is 16.5 Å². The number of halogens is 1. The van der Waals surface area contributed by atoms with Gasteiger partial charge in [-0.05, 0) is 36.2 Å². The molecule has 22 heavy (non-hydrogen) atoms. The van der Waals surface area contributed by atoms with Crippen molar-refractivity contribution in [2.75, 3.05) is 0 Å². The average Bonchev–Trinajstić information content (AvgIpc) is 2.79. The van der Waals surface area contributed by atoms with E-state index in [1.807, 2.05) is 13.1 Å². The number of aryl methyl sites for hydroxylation is 2. The summed E-state index contributed by atoms with van der Waals surface area (Å²) in [5.74, 6) is 0. The minimum absolute atomic E-state index is 0. The number of hydrogen-bond acceptors (Lipinski definition) is 4. The summed E-state index contributed by atoms with van der Waals surface area (Å²) in [6.45, 7) is 2.11. The third kappa shape index (κ3) is 3.39. The second-order valence-electron chi connectivity index (χ2n) is 4.42. The fraction of sp³-hybridized carbons (Fsp3) is 0.188. The van der Waals surface area contributed by atoms with Gasteiger partial charge < -0.3 is 4.57 Å². The first-order valence-electron chi connectivity index (χ1n) is 6.11. The second kappa shape index (κ2) is 7.50. The monoisotopic (exact) mass is 317 g/mol. The van der Waals surface area contributed by atoms with Crippen LogP contribution in [0.5, 0.6) is 0 Å². The van der Waals surface area contributed by atoms with Gasteiger partial charge in [0.15, 0.2) is 0 Å². The molecule has 0 amide bonds. The van der Waals surface area contributed by atoms with Crippen molar-refractivity contribution < 1.29 is 9.59 Å². The Kier molecular flexibility index (Phi) is 5.99. The van der Waals surface area contributed by atoms with Crippen molar-refractivity contribution in [3.05, 3.63) is 47.5 Å². The lowest BCUT2D eigenvalue weighted by Crippen LogP contribution is -1.86. The van der Waals surface area contributed by atoms with E-state index < -0.39 is 0 Å². The van der Waals surface area contributed by atoms with E-state index in [9.17, 15) is 0 Å². The standard InChI is InChI=1S/C14H12ClN3.CO2.CH4/c1-9-4-3-5-12-13(9)10(8-18(12)2)11-6-7-16-14(15)17-11;2-1-3;/h3-8H,1-2H3;;1H4. The van der Waals surface area contributed by atoms with E-state index >= 15 is 0 Å². The summed E-state index contributed by atoms with van der Waals surface area (Å²) in [4.78, 5) is 24.5. The molecule has 114 valence electrons. The molecule has 0 atom stereocenters. The minimum atomic E-state index is 0. The van der Waals surface area contributed by atoms with Crippen molar-refractivity contribution in [3.63, 3.8) is 0 Å². The number of fused-ring (bicyclic) bond motifs is 1. The molecule has 0 saturated carbocycles. The Morgan fingerprint density at radius 1 is 1.23 bits per heavy atom. The zero-order valence-corrected chi connectivity index (χ0v) is 12.3. The molecule has 0 aliphatic carbocycles. The van der Waals surface area contributed by atoms with Gasteiger partial charge in [-0.1, -0.05) is 19.6 Å². The van der Waals surface area contributed by atoms with E-state index in [4.69, 9.17) is 21.2 Å². The van der Waals surface area contributed by atoms with E-state index in [-0.39, 0.29) is 18.9 Å². The van der Waals surface area contributed by atoms with Crippen LogP contribution in [0.4, 0.5) is 0 Å². The summed E-state index contributed by atoms with van der Waals surface area (Å²) < 4.78 is 2.10. The van der Waals surface area contributed by atoms with Crippen molar-refractivity contribution in [2.45, 2.75) is 14.4 Å². The lowest BCUT2D eigenvalue weighted by molar-refractivity contribution is -0.191. The fourth-order valence-electron chi connectivity index (χ4n) is 2.30. The topological polar surface area (TPSA) is 64.8 Å². The molecule has 3 aromatic rings. The first-order valence-corrected chi connectivity index (χ1v) is 6.49. The highest BCUT2D eigenvalue weighted by Crippen LogP contribution is 2.31. The van der Waals surface area contributed by atoms with Crippen LogP contribution in [0.3, 0.4) is 0 Å². The number of carbonyl (C=O) groups excluding carboxylic acids is 2. The SMILES string of the molecule is C.Cc1cccc2c1c(-c1ccnc(Cl)n1)cn2C.O=C=O. The van der Waals surface area contributed by atoms with Gasteiger partial charge in [0, 0.05) is 35.9 Å². The molecule has 0 spiro atoms. The zero-order valence-electron chi connectivity index (χ0n) is 11.5. The van der Waals surface area contributed by atoms with Crippen molar-refractivity contribution in [1.82, 2.24) is 14.5 Å². The third-order valence-corrected chi connectivity index (χ3v) is 3.31. The molecular formula is C16H16ClN3O2. The molecule has 0 N–H and O–H groups in total. The minimum Gasteiger partial charge on any atom is -0.350 e. The maximum absolute atomic E-state index is 8.12. The molecule has 0 aliphatic heterocycles. The van der Waals surface area contributed by atoms with Crippen LogP contribution in [0.1, 0.15) is 13.0 Å². The summed E-state index contributed by atoms with van der Waals surface area (Å²) in [5, 5.41) is 1.49. The average molecular weight is 318 g/mol. The van der Waals surface area contributed by atoms with Gasteiger partial charge in [-0.15, -0.1) is 0 Å². The Morgan fingerprint density at radius 2 is 1.91 bits per heavy atom. The van der Waals surface area contributed by atoms with Crippen molar-refractivity contribution >= 4 is 28.7 Å². The highest BCUT2D eigenvalue weighted by atomic mass is 35.5. The maximum Gasteiger partial charge on any atom is 0.373 e. The van der Waals surface area contributed by atoms with Gasteiger partial charge in [0.2, 0.25) is 5.28 Å². The first-order chi connectivity index (χ1) is 10.1. The summed E-state index contributed by atoms with van der Waals surface area (Å²) >= 11 is 5.86. The Balaban J connectivity index is 0.000000562. The predicted molar refractivity (Wildman–Crippen MR) is 85.4 cm³/mol. The molecule has 2 heterocycles. The largest absolute Gasteiger partial charge is 0.373 e. The lowest BCUT2D eigenvalue weighted by atomic mass is 10.1. The molecule has 0 saturated heterocycles. The van der Waals surface area contributed by atoms with E-state index in [1.54, 1.807) is 6.20 Å². The van der Waals surface area contributed by atoms with Gasteiger partial charge in [0.1, 0.15) is 0 Å². The van der Waals surface area contributed by atoms with Crippen molar-refractivity contribution in [2.24, 2.45) is 7.05 Å². The number of nitrogens with zero attached hydrogens (tertiary/aromatic N) is 3. The molecule has 0 unspecified atom stereocenters. The third-order valence-electron chi connectivity index (χ3n) is 3.13. The zero-order chi connectivity index (χ0) is 15.4. The molecule has 0 aliphatic rings. The molecular weight excluding hydrogens is 302 g/mol. The fourth-order valence-corrected chi connectivity index (χ4v) is 2.45. The summed E-state index contributed by atoms with van der Waals surface area (Å²) in [5.41, 5.74) is 4.38.